The third kappa shape index (κ3) is 1.10. The van der Waals surface area contributed by atoms with Crippen molar-refractivity contribution in [3.8, 4) is 0 Å². The molecule has 0 radical (unpaired) electrons. The topological polar surface area (TPSA) is 54.4 Å². The van der Waals surface area contributed by atoms with Crippen LogP contribution in [0, 0.1) is 23.7 Å². The van der Waals surface area contributed by atoms with Crippen molar-refractivity contribution < 1.29 is 14.7 Å². The molecule has 1 fully saturated rings. The Morgan fingerprint density at radius 1 is 1.23 bits per heavy atom. The van der Waals surface area contributed by atoms with Crippen LogP contribution in [0.5, 0.6) is 0 Å². The van der Waals surface area contributed by atoms with Crippen LogP contribution in [-0.2, 0) is 9.59 Å². The van der Waals surface area contributed by atoms with Gasteiger partial charge in [-0.15, -0.1) is 0 Å². The standard InChI is InChI=1S/C10H12O3/c1-5(11)8-6-2-3-7(4-6)9(8)10(12)13/h2-3,6-9H,4H2,1H3,(H,12,13)/t6-,7?,8?,9?/m0/s1. The number of Topliss-reactive ketones (excluding diaryl/α,β-unsaturated/α-hetero) is 1. The maximum Gasteiger partial charge on any atom is 0.307 e. The van der Waals surface area contributed by atoms with E-state index in [-0.39, 0.29) is 23.5 Å². The first-order chi connectivity index (χ1) is 6.11. The molecule has 2 bridgehead atoms. The van der Waals surface area contributed by atoms with Crippen LogP contribution >= 0.6 is 0 Å². The molecule has 1 saturated carbocycles. The lowest BCUT2D eigenvalue weighted by Gasteiger charge is -2.21. The monoisotopic (exact) mass is 180 g/mol. The fourth-order valence-corrected chi connectivity index (χ4v) is 2.71. The van der Waals surface area contributed by atoms with Gasteiger partial charge in [-0.2, -0.15) is 0 Å². The molecule has 70 valence electrons. The second-order valence-corrected chi connectivity index (χ2v) is 3.95. The number of rotatable bonds is 2. The molecule has 0 amide bonds. The third-order valence-corrected chi connectivity index (χ3v) is 3.21. The SMILES string of the molecule is CC(=O)C1C(C(=O)O)C2C=C[C@H]1C2. The lowest BCUT2D eigenvalue weighted by atomic mass is 9.81. The van der Waals surface area contributed by atoms with Gasteiger partial charge in [-0.3, -0.25) is 9.59 Å². The smallest absolute Gasteiger partial charge is 0.307 e. The lowest BCUT2D eigenvalue weighted by Crippen LogP contribution is -2.31. The summed E-state index contributed by atoms with van der Waals surface area (Å²) in [5.41, 5.74) is 0. The number of hydrogen-bond acceptors (Lipinski definition) is 2. The zero-order valence-electron chi connectivity index (χ0n) is 7.43. The minimum atomic E-state index is -0.822. The summed E-state index contributed by atoms with van der Waals surface area (Å²) in [6.07, 6.45) is 4.79. The molecule has 3 heteroatoms. The molecular weight excluding hydrogens is 168 g/mol. The summed E-state index contributed by atoms with van der Waals surface area (Å²) in [5.74, 6) is -1.26. The van der Waals surface area contributed by atoms with Crippen LogP contribution in [0.15, 0.2) is 12.2 Å². The van der Waals surface area contributed by atoms with Crippen molar-refractivity contribution in [2.75, 3.05) is 0 Å². The van der Waals surface area contributed by atoms with Gasteiger partial charge in [0.2, 0.25) is 0 Å². The molecule has 0 aliphatic heterocycles. The molecule has 13 heavy (non-hydrogen) atoms. The van der Waals surface area contributed by atoms with E-state index >= 15 is 0 Å². The first-order valence-electron chi connectivity index (χ1n) is 4.53. The van der Waals surface area contributed by atoms with Crippen LogP contribution in [0.3, 0.4) is 0 Å². The number of ketones is 1. The van der Waals surface area contributed by atoms with Gasteiger partial charge in [0.1, 0.15) is 5.78 Å². The third-order valence-electron chi connectivity index (χ3n) is 3.21. The second-order valence-electron chi connectivity index (χ2n) is 3.95. The first kappa shape index (κ1) is 8.48. The summed E-state index contributed by atoms with van der Waals surface area (Å²) in [5, 5.41) is 8.97. The van der Waals surface area contributed by atoms with Gasteiger partial charge in [-0.05, 0) is 25.2 Å². The van der Waals surface area contributed by atoms with Crippen molar-refractivity contribution in [3.05, 3.63) is 12.2 Å². The van der Waals surface area contributed by atoms with Crippen LogP contribution in [0.4, 0.5) is 0 Å². The summed E-state index contributed by atoms with van der Waals surface area (Å²) >= 11 is 0. The molecule has 0 aromatic heterocycles. The number of fused-ring (bicyclic) bond motifs is 2. The summed E-state index contributed by atoms with van der Waals surface area (Å²) in [7, 11) is 0. The Bertz CT molecular complexity index is 265. The number of carbonyl (C=O) groups excluding carboxylic acids is 1. The maximum atomic E-state index is 11.3. The predicted octanol–water partition coefficient (Wildman–Crippen LogP) is 1.10. The predicted molar refractivity (Wildman–Crippen MR) is 46.0 cm³/mol. The van der Waals surface area contributed by atoms with Crippen LogP contribution in [0.1, 0.15) is 13.3 Å². The van der Waals surface area contributed by atoms with Gasteiger partial charge in [-0.1, -0.05) is 12.2 Å². The summed E-state index contributed by atoms with van der Waals surface area (Å²) in [6.45, 7) is 1.50. The van der Waals surface area contributed by atoms with Crippen LogP contribution in [-0.4, -0.2) is 16.9 Å². The van der Waals surface area contributed by atoms with Crippen molar-refractivity contribution in [1.82, 2.24) is 0 Å². The molecule has 3 nitrogen and oxygen atoms in total. The highest BCUT2D eigenvalue weighted by atomic mass is 16.4. The summed E-state index contributed by atoms with van der Waals surface area (Å²) in [4.78, 5) is 22.2. The zero-order valence-corrected chi connectivity index (χ0v) is 7.43. The van der Waals surface area contributed by atoms with Gasteiger partial charge in [0.05, 0.1) is 5.92 Å². The highest BCUT2D eigenvalue weighted by molar-refractivity contribution is 5.86. The quantitative estimate of drug-likeness (QED) is 0.647. The van der Waals surface area contributed by atoms with E-state index in [1.165, 1.54) is 6.92 Å². The molecule has 4 atom stereocenters. The van der Waals surface area contributed by atoms with E-state index in [2.05, 4.69) is 0 Å². The van der Waals surface area contributed by atoms with E-state index < -0.39 is 11.9 Å². The number of hydrogen-bond donors (Lipinski definition) is 1. The van der Waals surface area contributed by atoms with Gasteiger partial charge >= 0.3 is 5.97 Å². The minimum absolute atomic E-state index is 0.0178. The Labute approximate surface area is 76.4 Å². The highest BCUT2D eigenvalue weighted by Gasteiger charge is 2.50. The van der Waals surface area contributed by atoms with Crippen molar-refractivity contribution in [2.24, 2.45) is 23.7 Å². The van der Waals surface area contributed by atoms with Gasteiger partial charge in [-0.25, -0.2) is 0 Å². The highest BCUT2D eigenvalue weighted by Crippen LogP contribution is 2.48. The molecule has 0 saturated heterocycles. The first-order valence-corrected chi connectivity index (χ1v) is 4.53. The van der Waals surface area contributed by atoms with E-state index in [1.54, 1.807) is 0 Å². The fourth-order valence-electron chi connectivity index (χ4n) is 2.71. The van der Waals surface area contributed by atoms with Gasteiger partial charge in [0.15, 0.2) is 0 Å². The van der Waals surface area contributed by atoms with Gasteiger partial charge in [0, 0.05) is 5.92 Å². The number of carbonyl (C=O) groups is 2. The van der Waals surface area contributed by atoms with E-state index in [1.807, 2.05) is 12.2 Å². The van der Waals surface area contributed by atoms with E-state index in [0.29, 0.717) is 0 Å². The Kier molecular flexibility index (Phi) is 1.75. The number of carboxylic acids is 1. The summed E-state index contributed by atoms with van der Waals surface area (Å²) in [6, 6.07) is 0. The molecule has 0 aromatic rings. The molecule has 3 unspecified atom stereocenters. The molecule has 1 N–H and O–H groups in total. The number of carboxylic acid groups (broad SMARTS) is 1. The largest absolute Gasteiger partial charge is 0.481 e. The molecule has 2 aliphatic rings. The maximum absolute atomic E-state index is 11.3. The van der Waals surface area contributed by atoms with E-state index in [0.717, 1.165) is 6.42 Å². The average Bonchev–Trinajstić information content (AvgIpc) is 2.60. The fraction of sp³-hybridized carbons (Fsp3) is 0.600. The average molecular weight is 180 g/mol. The number of aliphatic carboxylic acids is 1. The summed E-state index contributed by atoms with van der Waals surface area (Å²) < 4.78 is 0. The molecular formula is C10H12O3. The molecule has 0 aromatic carbocycles. The van der Waals surface area contributed by atoms with Gasteiger partial charge in [0.25, 0.3) is 0 Å². The zero-order chi connectivity index (χ0) is 9.59. The van der Waals surface area contributed by atoms with Gasteiger partial charge < -0.3 is 5.11 Å². The lowest BCUT2D eigenvalue weighted by molar-refractivity contribution is -0.147. The van der Waals surface area contributed by atoms with Crippen molar-refractivity contribution in [3.63, 3.8) is 0 Å². The van der Waals surface area contributed by atoms with E-state index in [4.69, 9.17) is 5.11 Å². The Hall–Kier alpha value is -1.12. The number of allylic oxidation sites excluding steroid dienone is 2. The van der Waals surface area contributed by atoms with Crippen LogP contribution in [0.2, 0.25) is 0 Å². The Morgan fingerprint density at radius 2 is 1.77 bits per heavy atom. The normalized spacial score (nSPS) is 41.0. The van der Waals surface area contributed by atoms with Crippen molar-refractivity contribution >= 4 is 11.8 Å². The van der Waals surface area contributed by atoms with Crippen molar-refractivity contribution in [2.45, 2.75) is 13.3 Å². The second kappa shape index (κ2) is 2.69. The minimum Gasteiger partial charge on any atom is -0.481 e. The van der Waals surface area contributed by atoms with Crippen LogP contribution in [0.25, 0.3) is 0 Å². The molecule has 2 aliphatic carbocycles. The molecule has 0 heterocycles. The Morgan fingerprint density at radius 3 is 2.15 bits per heavy atom. The molecule has 0 spiro atoms. The Balaban J connectivity index is 2.30. The van der Waals surface area contributed by atoms with E-state index in [9.17, 15) is 9.59 Å². The molecule has 2 rings (SSSR count). The van der Waals surface area contributed by atoms with Crippen molar-refractivity contribution in [1.29, 1.82) is 0 Å². The van der Waals surface area contributed by atoms with Crippen LogP contribution < -0.4 is 0 Å².